The van der Waals surface area contributed by atoms with Gasteiger partial charge in [0.15, 0.2) is 0 Å². The van der Waals surface area contributed by atoms with Crippen molar-refractivity contribution in [2.75, 3.05) is 0 Å². The van der Waals surface area contributed by atoms with E-state index in [-0.39, 0.29) is 23.7 Å². The van der Waals surface area contributed by atoms with E-state index in [0.717, 1.165) is 42.1 Å². The Balaban J connectivity index is 1.63. The maximum Gasteiger partial charge on any atom is 0.265 e. The molecule has 126 valence electrons. The number of allylic oxidation sites excluding steroid dienone is 1. The lowest BCUT2D eigenvalue weighted by Gasteiger charge is -2.23. The van der Waals surface area contributed by atoms with Gasteiger partial charge in [-0.15, -0.1) is 5.10 Å². The molecular weight excluding hydrogens is 325 g/mol. The van der Waals surface area contributed by atoms with Crippen molar-refractivity contribution in [1.82, 2.24) is 14.9 Å². The van der Waals surface area contributed by atoms with Crippen molar-refractivity contribution in [1.29, 1.82) is 0 Å². The molecule has 2 aromatic rings. The summed E-state index contributed by atoms with van der Waals surface area (Å²) in [5.41, 5.74) is 3.02. The van der Waals surface area contributed by atoms with E-state index in [9.17, 15) is 9.18 Å². The quantitative estimate of drug-likeness (QED) is 0.905. The fourth-order valence-electron chi connectivity index (χ4n) is 2.88. The number of hydrogen-bond acceptors (Lipinski definition) is 4. The minimum atomic E-state index is -0.223. The molecule has 0 fully saturated rings. The van der Waals surface area contributed by atoms with Crippen LogP contribution in [0.3, 0.4) is 0 Å². The molecule has 1 unspecified atom stereocenters. The van der Waals surface area contributed by atoms with E-state index < -0.39 is 0 Å². The molecule has 0 saturated carbocycles. The number of rotatable bonds is 4. The standard InChI is InChI=1S/C18H20FN3OS/c1-11(2)16-17(24-22-21-16)18(23)20-15-9-5-13(6-10-15)12-3-7-14(19)8-4-12/h3-5,7-8,11,15H,6,9-10H2,1-2H3,(H,20,23). The zero-order valence-electron chi connectivity index (χ0n) is 13.8. The lowest BCUT2D eigenvalue weighted by Crippen LogP contribution is -2.35. The Morgan fingerprint density at radius 3 is 2.71 bits per heavy atom. The van der Waals surface area contributed by atoms with E-state index in [4.69, 9.17) is 0 Å². The summed E-state index contributed by atoms with van der Waals surface area (Å²) >= 11 is 1.15. The third-order valence-electron chi connectivity index (χ3n) is 4.23. The molecule has 1 aliphatic rings. The van der Waals surface area contributed by atoms with Crippen molar-refractivity contribution in [3.05, 3.63) is 52.3 Å². The Morgan fingerprint density at radius 1 is 1.33 bits per heavy atom. The normalized spacial score (nSPS) is 17.7. The highest BCUT2D eigenvalue weighted by atomic mass is 32.1. The molecule has 0 spiro atoms. The van der Waals surface area contributed by atoms with Crippen LogP contribution in [0.4, 0.5) is 4.39 Å². The van der Waals surface area contributed by atoms with Gasteiger partial charge in [0.2, 0.25) is 0 Å². The number of aromatic nitrogens is 2. The number of benzene rings is 1. The fourth-order valence-corrected chi connectivity index (χ4v) is 3.60. The van der Waals surface area contributed by atoms with E-state index >= 15 is 0 Å². The molecule has 24 heavy (non-hydrogen) atoms. The Hall–Kier alpha value is -2.08. The molecule has 1 amide bonds. The molecule has 0 bridgehead atoms. The lowest BCUT2D eigenvalue weighted by atomic mass is 9.90. The van der Waals surface area contributed by atoms with Crippen LogP contribution in [0.25, 0.3) is 5.57 Å². The number of nitrogens with zero attached hydrogens (tertiary/aromatic N) is 2. The molecule has 1 N–H and O–H groups in total. The number of carbonyl (C=O) groups excluding carboxylic acids is 1. The van der Waals surface area contributed by atoms with Gasteiger partial charge >= 0.3 is 0 Å². The van der Waals surface area contributed by atoms with Crippen LogP contribution in [0.1, 0.15) is 60.0 Å². The molecule has 3 rings (SSSR count). The first kappa shape index (κ1) is 16.8. The monoisotopic (exact) mass is 345 g/mol. The second-order valence-electron chi connectivity index (χ2n) is 6.32. The van der Waals surface area contributed by atoms with Gasteiger partial charge in [0, 0.05) is 6.04 Å². The van der Waals surface area contributed by atoms with Crippen molar-refractivity contribution in [2.45, 2.75) is 45.1 Å². The number of amides is 1. The van der Waals surface area contributed by atoms with Crippen LogP contribution in [0.2, 0.25) is 0 Å². The molecule has 1 heterocycles. The highest BCUT2D eigenvalue weighted by Gasteiger charge is 2.22. The third-order valence-corrected chi connectivity index (χ3v) is 4.97. The molecule has 0 radical (unpaired) electrons. The number of carbonyl (C=O) groups is 1. The van der Waals surface area contributed by atoms with E-state index in [0.29, 0.717) is 4.88 Å². The number of halogens is 1. The van der Waals surface area contributed by atoms with Crippen molar-refractivity contribution < 1.29 is 9.18 Å². The first-order chi connectivity index (χ1) is 11.5. The highest BCUT2D eigenvalue weighted by molar-refractivity contribution is 7.08. The van der Waals surface area contributed by atoms with Gasteiger partial charge in [-0.3, -0.25) is 4.79 Å². The van der Waals surface area contributed by atoms with E-state index in [1.807, 2.05) is 13.8 Å². The van der Waals surface area contributed by atoms with E-state index in [1.54, 1.807) is 12.1 Å². The predicted octanol–water partition coefficient (Wildman–Crippen LogP) is 4.17. The average molecular weight is 345 g/mol. The molecule has 4 nitrogen and oxygen atoms in total. The van der Waals surface area contributed by atoms with Crippen LogP contribution < -0.4 is 5.32 Å². The fraction of sp³-hybridized carbons (Fsp3) is 0.389. The summed E-state index contributed by atoms with van der Waals surface area (Å²) in [6.45, 7) is 4.01. The van der Waals surface area contributed by atoms with Gasteiger partial charge in [0.1, 0.15) is 10.7 Å². The Kier molecular flexibility index (Phi) is 5.04. The molecule has 1 aromatic heterocycles. The Labute approximate surface area is 145 Å². The summed E-state index contributed by atoms with van der Waals surface area (Å²) in [6, 6.07) is 6.68. The van der Waals surface area contributed by atoms with Crippen LogP contribution >= 0.6 is 11.5 Å². The average Bonchev–Trinajstić information content (AvgIpc) is 3.06. The smallest absolute Gasteiger partial charge is 0.265 e. The van der Waals surface area contributed by atoms with Crippen LogP contribution in [0.5, 0.6) is 0 Å². The largest absolute Gasteiger partial charge is 0.348 e. The summed E-state index contributed by atoms with van der Waals surface area (Å²) < 4.78 is 16.9. The second kappa shape index (κ2) is 7.21. The Morgan fingerprint density at radius 2 is 2.08 bits per heavy atom. The third kappa shape index (κ3) is 3.70. The van der Waals surface area contributed by atoms with Gasteiger partial charge in [0.25, 0.3) is 5.91 Å². The van der Waals surface area contributed by atoms with Crippen LogP contribution in [-0.4, -0.2) is 21.5 Å². The maximum absolute atomic E-state index is 13.0. The summed E-state index contributed by atoms with van der Waals surface area (Å²) in [7, 11) is 0. The first-order valence-corrected chi connectivity index (χ1v) is 8.90. The topological polar surface area (TPSA) is 54.9 Å². The number of nitrogens with one attached hydrogen (secondary N) is 1. The SMILES string of the molecule is CC(C)c1nnsc1C(=O)NC1CC=C(c2ccc(F)cc2)CC1. The van der Waals surface area contributed by atoms with Gasteiger partial charge in [-0.1, -0.05) is 36.5 Å². The van der Waals surface area contributed by atoms with Gasteiger partial charge in [0.05, 0.1) is 5.69 Å². The van der Waals surface area contributed by atoms with Crippen molar-refractivity contribution in [3.8, 4) is 0 Å². The lowest BCUT2D eigenvalue weighted by molar-refractivity contribution is 0.0937. The van der Waals surface area contributed by atoms with Crippen LogP contribution in [0, 0.1) is 5.82 Å². The molecule has 6 heteroatoms. The first-order valence-electron chi connectivity index (χ1n) is 8.12. The maximum atomic E-state index is 13.0. The summed E-state index contributed by atoms with van der Waals surface area (Å²) in [6.07, 6.45) is 4.66. The Bertz CT molecular complexity index is 752. The van der Waals surface area contributed by atoms with Crippen LogP contribution in [0.15, 0.2) is 30.3 Å². The summed E-state index contributed by atoms with van der Waals surface area (Å²) in [5.74, 6) is -0.127. The van der Waals surface area contributed by atoms with Gasteiger partial charge < -0.3 is 5.32 Å². The van der Waals surface area contributed by atoms with Gasteiger partial charge in [-0.25, -0.2) is 4.39 Å². The van der Waals surface area contributed by atoms with Crippen molar-refractivity contribution in [2.24, 2.45) is 0 Å². The molecule has 1 aliphatic carbocycles. The minimum absolute atomic E-state index is 0.0858. The zero-order valence-corrected chi connectivity index (χ0v) is 14.6. The summed E-state index contributed by atoms with van der Waals surface area (Å²) in [4.78, 5) is 13.1. The van der Waals surface area contributed by atoms with Crippen LogP contribution in [-0.2, 0) is 0 Å². The van der Waals surface area contributed by atoms with E-state index in [1.165, 1.54) is 17.7 Å². The molecular formula is C18H20FN3OS. The van der Waals surface area contributed by atoms with E-state index in [2.05, 4.69) is 21.0 Å². The number of hydrogen-bond donors (Lipinski definition) is 1. The van der Waals surface area contributed by atoms with Crippen molar-refractivity contribution in [3.63, 3.8) is 0 Å². The van der Waals surface area contributed by atoms with Gasteiger partial charge in [-0.2, -0.15) is 0 Å². The van der Waals surface area contributed by atoms with Gasteiger partial charge in [-0.05, 0) is 60.0 Å². The minimum Gasteiger partial charge on any atom is -0.348 e. The molecule has 0 aliphatic heterocycles. The summed E-state index contributed by atoms with van der Waals surface area (Å²) in [5, 5.41) is 7.14. The molecule has 1 aromatic carbocycles. The molecule has 0 saturated heterocycles. The zero-order chi connectivity index (χ0) is 17.1. The second-order valence-corrected chi connectivity index (χ2v) is 7.08. The predicted molar refractivity (Wildman–Crippen MR) is 93.5 cm³/mol. The highest BCUT2D eigenvalue weighted by Crippen LogP contribution is 2.28. The van der Waals surface area contributed by atoms with Crippen molar-refractivity contribution >= 4 is 23.0 Å². The molecule has 1 atom stereocenters.